The third-order valence-corrected chi connectivity index (χ3v) is 4.41. The minimum absolute atomic E-state index is 0.0739. The Morgan fingerprint density at radius 2 is 1.61 bits per heavy atom. The fourth-order valence-electron chi connectivity index (χ4n) is 2.82. The lowest BCUT2D eigenvalue weighted by Gasteiger charge is -2.21. The first-order valence-corrected chi connectivity index (χ1v) is 8.53. The summed E-state index contributed by atoms with van der Waals surface area (Å²) in [5.41, 5.74) is 11.6. The highest BCUT2D eigenvalue weighted by atomic mass is 16.5. The second kappa shape index (κ2) is 7.54. The molecule has 0 saturated carbocycles. The first kappa shape index (κ1) is 17.4. The number of rotatable bonds is 6. The van der Waals surface area contributed by atoms with Gasteiger partial charge < -0.3 is 10.5 Å². The van der Waals surface area contributed by atoms with Crippen molar-refractivity contribution in [3.8, 4) is 5.75 Å². The van der Waals surface area contributed by atoms with E-state index >= 15 is 0 Å². The van der Waals surface area contributed by atoms with E-state index in [1.807, 2.05) is 19.1 Å². The Morgan fingerprint density at radius 3 is 2.17 bits per heavy atom. The molecule has 0 aliphatic rings. The molecule has 0 radical (unpaired) electrons. The van der Waals surface area contributed by atoms with Crippen LogP contribution in [0.3, 0.4) is 0 Å². The van der Waals surface area contributed by atoms with E-state index < -0.39 is 0 Å². The van der Waals surface area contributed by atoms with Crippen LogP contribution in [0.25, 0.3) is 0 Å². The lowest BCUT2D eigenvalue weighted by Crippen LogP contribution is -2.08. The normalized spacial score (nSPS) is 12.4. The van der Waals surface area contributed by atoms with Crippen LogP contribution in [0.15, 0.2) is 36.4 Å². The van der Waals surface area contributed by atoms with Crippen LogP contribution >= 0.6 is 0 Å². The monoisotopic (exact) mass is 311 g/mol. The molecule has 2 heteroatoms. The van der Waals surface area contributed by atoms with E-state index in [9.17, 15) is 0 Å². The molecule has 2 aromatic rings. The molecular weight excluding hydrogens is 282 g/mol. The molecule has 0 spiro atoms. The molecule has 0 amide bonds. The molecule has 0 bridgehead atoms. The maximum Gasteiger partial charge on any atom is 0.123 e. The molecule has 0 heterocycles. The van der Waals surface area contributed by atoms with Crippen molar-refractivity contribution in [1.29, 1.82) is 0 Å². The first-order valence-electron chi connectivity index (χ1n) is 8.53. The van der Waals surface area contributed by atoms with Crippen molar-refractivity contribution >= 4 is 5.69 Å². The molecule has 1 unspecified atom stereocenters. The van der Waals surface area contributed by atoms with E-state index in [-0.39, 0.29) is 6.10 Å². The lowest BCUT2D eigenvalue weighted by molar-refractivity contribution is 0.200. The Hall–Kier alpha value is -1.96. The highest BCUT2D eigenvalue weighted by molar-refractivity contribution is 5.55. The SMILES string of the molecule is CCC(Oc1ccc(N)c(C)c1C)c1ccc(CC(C)C)cc1. The molecular formula is C21H29NO. The first-order chi connectivity index (χ1) is 10.9. The van der Waals surface area contributed by atoms with Crippen molar-refractivity contribution in [2.75, 3.05) is 5.73 Å². The quantitative estimate of drug-likeness (QED) is 0.703. The summed E-state index contributed by atoms with van der Waals surface area (Å²) in [5.74, 6) is 1.61. The van der Waals surface area contributed by atoms with Gasteiger partial charge in [0.2, 0.25) is 0 Å². The number of ether oxygens (including phenoxy) is 1. The van der Waals surface area contributed by atoms with E-state index in [1.165, 1.54) is 11.1 Å². The highest BCUT2D eigenvalue weighted by Crippen LogP contribution is 2.31. The maximum atomic E-state index is 6.28. The second-order valence-electron chi connectivity index (χ2n) is 6.76. The highest BCUT2D eigenvalue weighted by Gasteiger charge is 2.14. The van der Waals surface area contributed by atoms with Crippen LogP contribution in [0.4, 0.5) is 5.69 Å². The summed E-state index contributed by atoms with van der Waals surface area (Å²) in [5, 5.41) is 0. The smallest absolute Gasteiger partial charge is 0.123 e. The van der Waals surface area contributed by atoms with Crippen LogP contribution in [-0.4, -0.2) is 0 Å². The minimum Gasteiger partial charge on any atom is -0.485 e. The average Bonchev–Trinajstić information content (AvgIpc) is 2.53. The van der Waals surface area contributed by atoms with E-state index in [4.69, 9.17) is 10.5 Å². The van der Waals surface area contributed by atoms with E-state index in [2.05, 4.69) is 52.0 Å². The van der Waals surface area contributed by atoms with Crippen molar-refractivity contribution < 1.29 is 4.74 Å². The van der Waals surface area contributed by atoms with Crippen molar-refractivity contribution in [3.05, 3.63) is 58.7 Å². The topological polar surface area (TPSA) is 35.2 Å². The molecule has 0 fully saturated rings. The molecule has 2 N–H and O–H groups in total. The summed E-state index contributed by atoms with van der Waals surface area (Å²) < 4.78 is 6.28. The molecule has 1 atom stereocenters. The Morgan fingerprint density at radius 1 is 0.957 bits per heavy atom. The Bertz CT molecular complexity index is 644. The van der Waals surface area contributed by atoms with Crippen molar-refractivity contribution in [3.63, 3.8) is 0 Å². The second-order valence-corrected chi connectivity index (χ2v) is 6.76. The summed E-state index contributed by atoms with van der Waals surface area (Å²) in [6.45, 7) is 10.8. The van der Waals surface area contributed by atoms with Crippen molar-refractivity contribution in [2.24, 2.45) is 5.92 Å². The van der Waals surface area contributed by atoms with Gasteiger partial charge in [-0.15, -0.1) is 0 Å². The Labute approximate surface area is 140 Å². The summed E-state index contributed by atoms with van der Waals surface area (Å²) in [4.78, 5) is 0. The zero-order valence-electron chi connectivity index (χ0n) is 15.0. The largest absolute Gasteiger partial charge is 0.485 e. The van der Waals surface area contributed by atoms with Gasteiger partial charge in [-0.3, -0.25) is 0 Å². The van der Waals surface area contributed by atoms with Crippen LogP contribution in [0, 0.1) is 19.8 Å². The van der Waals surface area contributed by atoms with Crippen LogP contribution in [0.2, 0.25) is 0 Å². The molecule has 0 aliphatic heterocycles. The molecule has 2 aromatic carbocycles. The van der Waals surface area contributed by atoms with Crippen molar-refractivity contribution in [1.82, 2.24) is 0 Å². The van der Waals surface area contributed by atoms with Gasteiger partial charge in [0.05, 0.1) is 0 Å². The van der Waals surface area contributed by atoms with Gasteiger partial charge in [0, 0.05) is 5.69 Å². The Balaban J connectivity index is 2.18. The lowest BCUT2D eigenvalue weighted by atomic mass is 9.99. The summed E-state index contributed by atoms with van der Waals surface area (Å²) in [7, 11) is 0. The van der Waals surface area contributed by atoms with Crippen LogP contribution in [-0.2, 0) is 6.42 Å². The fraction of sp³-hybridized carbons (Fsp3) is 0.429. The predicted octanol–water partition coefficient (Wildman–Crippen LogP) is 5.61. The van der Waals surface area contributed by atoms with Crippen molar-refractivity contribution in [2.45, 2.75) is 53.6 Å². The fourth-order valence-corrected chi connectivity index (χ4v) is 2.82. The number of benzene rings is 2. The van der Waals surface area contributed by atoms with Gasteiger partial charge in [0.25, 0.3) is 0 Å². The molecule has 23 heavy (non-hydrogen) atoms. The van der Waals surface area contributed by atoms with Gasteiger partial charge in [-0.05, 0) is 67.0 Å². The molecule has 0 aromatic heterocycles. The number of hydrogen-bond donors (Lipinski definition) is 1. The van der Waals surface area contributed by atoms with E-state index in [0.29, 0.717) is 5.92 Å². The number of hydrogen-bond acceptors (Lipinski definition) is 2. The van der Waals surface area contributed by atoms with E-state index in [1.54, 1.807) is 0 Å². The van der Waals surface area contributed by atoms with Crippen LogP contribution < -0.4 is 10.5 Å². The minimum atomic E-state index is 0.0739. The number of nitrogens with two attached hydrogens (primary N) is 1. The molecule has 2 rings (SSSR count). The molecule has 2 nitrogen and oxygen atoms in total. The summed E-state index contributed by atoms with van der Waals surface area (Å²) in [6.07, 6.45) is 2.13. The van der Waals surface area contributed by atoms with Gasteiger partial charge in [-0.25, -0.2) is 0 Å². The zero-order chi connectivity index (χ0) is 17.0. The van der Waals surface area contributed by atoms with Crippen LogP contribution in [0.1, 0.15) is 55.5 Å². The number of anilines is 1. The summed E-state index contributed by atoms with van der Waals surface area (Å²) in [6, 6.07) is 12.8. The molecule has 0 aliphatic carbocycles. The predicted molar refractivity (Wildman–Crippen MR) is 99.0 cm³/mol. The third kappa shape index (κ3) is 4.28. The molecule has 0 saturated heterocycles. The van der Waals surface area contributed by atoms with Gasteiger partial charge in [-0.2, -0.15) is 0 Å². The van der Waals surface area contributed by atoms with E-state index in [0.717, 1.165) is 35.4 Å². The Kier molecular flexibility index (Phi) is 5.70. The third-order valence-electron chi connectivity index (χ3n) is 4.41. The number of nitrogen functional groups attached to an aromatic ring is 1. The summed E-state index contributed by atoms with van der Waals surface area (Å²) >= 11 is 0. The standard InChI is InChI=1S/C21H29NO/c1-6-20(18-9-7-17(8-10-18)13-14(2)3)23-21-12-11-19(22)15(4)16(21)5/h7-12,14,20H,6,13,22H2,1-5H3. The zero-order valence-corrected chi connectivity index (χ0v) is 15.0. The average molecular weight is 311 g/mol. The van der Waals surface area contributed by atoms with Gasteiger partial charge in [-0.1, -0.05) is 45.0 Å². The van der Waals surface area contributed by atoms with Gasteiger partial charge in [0.15, 0.2) is 0 Å². The molecule has 124 valence electrons. The van der Waals surface area contributed by atoms with Gasteiger partial charge >= 0.3 is 0 Å². The van der Waals surface area contributed by atoms with Gasteiger partial charge in [0.1, 0.15) is 11.9 Å². The maximum absolute atomic E-state index is 6.28. The van der Waals surface area contributed by atoms with Crippen LogP contribution in [0.5, 0.6) is 5.75 Å².